The number of primary amides is 1. The van der Waals surface area contributed by atoms with Crippen molar-refractivity contribution in [2.75, 3.05) is 7.11 Å². The van der Waals surface area contributed by atoms with E-state index in [1.54, 1.807) is 12.4 Å². The maximum absolute atomic E-state index is 10.9. The Morgan fingerprint density at radius 1 is 0.875 bits per heavy atom. The fourth-order valence-corrected chi connectivity index (χ4v) is 1.50. The van der Waals surface area contributed by atoms with Gasteiger partial charge in [-0.05, 0) is 48.8 Å². The maximum Gasteiger partial charge on any atom is 0.339 e. The number of carbonyl (C=O) groups excluding carboxylic acids is 2. The minimum absolute atomic E-state index is 0.0346. The quantitative estimate of drug-likeness (QED) is 0.465. The van der Waals surface area contributed by atoms with Crippen LogP contribution >= 0.6 is 0 Å². The lowest BCUT2D eigenvalue weighted by molar-refractivity contribution is 0.0600. The van der Waals surface area contributed by atoms with E-state index in [0.717, 1.165) is 18.0 Å². The summed E-state index contributed by atoms with van der Waals surface area (Å²) in [6.07, 6.45) is 8.61. The summed E-state index contributed by atoms with van der Waals surface area (Å²) in [6, 6.07) is 3.81. The lowest BCUT2D eigenvalue weighted by atomic mass is 10.3. The second kappa shape index (κ2) is 16.2. The topological polar surface area (TPSA) is 147 Å². The van der Waals surface area contributed by atoms with Crippen molar-refractivity contribution < 1.29 is 22.6 Å². The van der Waals surface area contributed by atoms with Crippen molar-refractivity contribution in [3.05, 3.63) is 109 Å². The molecule has 0 spiro atoms. The van der Waals surface area contributed by atoms with Crippen LogP contribution in [0.3, 0.4) is 0 Å². The maximum atomic E-state index is 10.9. The first-order valence-corrected chi connectivity index (χ1v) is 8.66. The van der Waals surface area contributed by atoms with Crippen molar-refractivity contribution in [1.29, 1.82) is 0 Å². The van der Waals surface area contributed by atoms with Crippen molar-refractivity contribution >= 4 is 11.9 Å². The minimum Gasteiger partial charge on any atom is -0.465 e. The zero-order chi connectivity index (χ0) is 28.7. The number of esters is 1. The van der Waals surface area contributed by atoms with E-state index < -0.39 is 11.9 Å². The van der Waals surface area contributed by atoms with Gasteiger partial charge in [0, 0.05) is 49.5 Å². The standard InChI is InChI=1S/C7H7NO2.C6H6N2O.C5H6N2.C4H4N2/c1-10-7(9)6-3-2-4-8-5-6;7-6(9)5-2-1-3-8-4-5;1-5-2-6-4-7-3-5;1-2-4-6-5-3-1/h2-5H,1H3;1-4H,(H2,7,9);2-4H,1H3;1-4H/i3D,4D;2D,3D;;1D,4D. The second-order valence-electron chi connectivity index (χ2n) is 5.24. The summed E-state index contributed by atoms with van der Waals surface area (Å²) < 4.78 is 46.7. The molecule has 0 aromatic carbocycles. The van der Waals surface area contributed by atoms with Crippen molar-refractivity contribution in [3.63, 3.8) is 0 Å². The van der Waals surface area contributed by atoms with Gasteiger partial charge >= 0.3 is 5.97 Å². The highest BCUT2D eigenvalue weighted by Gasteiger charge is 2.01. The van der Waals surface area contributed by atoms with Gasteiger partial charge in [-0.2, -0.15) is 10.2 Å². The smallest absolute Gasteiger partial charge is 0.339 e. The summed E-state index contributed by atoms with van der Waals surface area (Å²) in [5.41, 5.74) is 6.12. The van der Waals surface area contributed by atoms with Gasteiger partial charge in [-0.3, -0.25) is 14.8 Å². The Bertz CT molecular complexity index is 1330. The Morgan fingerprint density at radius 3 is 1.91 bits per heavy atom. The summed E-state index contributed by atoms with van der Waals surface area (Å²) in [5, 5.41) is 6.70. The number of nitrogens with two attached hydrogens (primary N) is 1. The van der Waals surface area contributed by atoms with Gasteiger partial charge in [-0.15, -0.1) is 0 Å². The van der Waals surface area contributed by atoms with Crippen LogP contribution < -0.4 is 5.73 Å². The van der Waals surface area contributed by atoms with E-state index >= 15 is 0 Å². The van der Waals surface area contributed by atoms with Crippen LogP contribution in [0.25, 0.3) is 0 Å². The first kappa shape index (κ1) is 17.1. The molecule has 0 aliphatic rings. The summed E-state index contributed by atoms with van der Waals surface area (Å²) in [4.78, 5) is 36.0. The summed E-state index contributed by atoms with van der Waals surface area (Å²) in [7, 11) is 1.23. The van der Waals surface area contributed by atoms with Crippen molar-refractivity contribution in [2.24, 2.45) is 5.73 Å². The highest BCUT2D eigenvalue weighted by molar-refractivity contribution is 5.92. The lowest BCUT2D eigenvalue weighted by Gasteiger charge is -1.94. The molecule has 32 heavy (non-hydrogen) atoms. The van der Waals surface area contributed by atoms with Gasteiger partial charge in [0.05, 0.1) is 26.5 Å². The van der Waals surface area contributed by atoms with Gasteiger partial charge in [0.15, 0.2) is 0 Å². The Hall–Kier alpha value is -4.60. The molecule has 0 aliphatic carbocycles. The Kier molecular flexibility index (Phi) is 8.68. The van der Waals surface area contributed by atoms with Crippen LogP contribution in [0.1, 0.15) is 34.5 Å². The van der Waals surface area contributed by atoms with Crippen LogP contribution in [0.15, 0.2) is 92.2 Å². The average molecular weight is 440 g/mol. The second-order valence-corrected chi connectivity index (χ2v) is 5.24. The number of hydrogen-bond acceptors (Lipinski definition) is 9. The molecule has 10 nitrogen and oxygen atoms in total. The van der Waals surface area contributed by atoms with E-state index in [4.69, 9.17) is 14.0 Å². The number of rotatable bonds is 2. The van der Waals surface area contributed by atoms with Crippen LogP contribution in [0.2, 0.25) is 0 Å². The van der Waals surface area contributed by atoms with E-state index in [1.165, 1.54) is 37.8 Å². The van der Waals surface area contributed by atoms with Crippen LogP contribution in [-0.2, 0) is 4.74 Å². The predicted molar refractivity (Wildman–Crippen MR) is 117 cm³/mol. The first-order chi connectivity index (χ1) is 17.9. The fraction of sp³-hybridized carbons (Fsp3) is 0.0909. The molecule has 4 heterocycles. The molecule has 0 unspecified atom stereocenters. The van der Waals surface area contributed by atoms with Crippen LogP contribution in [0, 0.1) is 6.92 Å². The van der Waals surface area contributed by atoms with E-state index in [-0.39, 0.29) is 47.8 Å². The third-order valence-electron chi connectivity index (χ3n) is 2.88. The third kappa shape index (κ3) is 12.1. The SMILES string of the molecule is Cc1cncnc1.[2H]c1cc([2H])c(C(=O)OC)cn1.[2H]c1cc([2H])c(C(N)=O)cn1.[2H]c1cnnc([2H])c1. The number of pyridine rings is 2. The van der Waals surface area contributed by atoms with E-state index in [9.17, 15) is 9.59 Å². The molecule has 0 fully saturated rings. The summed E-state index contributed by atoms with van der Waals surface area (Å²) >= 11 is 0. The number of ether oxygens (including phenoxy) is 1. The number of amides is 1. The summed E-state index contributed by atoms with van der Waals surface area (Å²) in [5.74, 6) is -1.30. The van der Waals surface area contributed by atoms with E-state index in [1.807, 2.05) is 6.92 Å². The zero-order valence-electron chi connectivity index (χ0n) is 23.2. The fourth-order valence-electron chi connectivity index (χ4n) is 1.50. The highest BCUT2D eigenvalue weighted by atomic mass is 16.5. The highest BCUT2D eigenvalue weighted by Crippen LogP contribution is 1.96. The molecule has 0 atom stereocenters. The molecule has 0 saturated carbocycles. The summed E-state index contributed by atoms with van der Waals surface area (Å²) in [6.45, 7) is 1.96. The lowest BCUT2D eigenvalue weighted by Crippen LogP contribution is -2.10. The molecule has 4 aromatic heterocycles. The largest absolute Gasteiger partial charge is 0.465 e. The van der Waals surface area contributed by atoms with Crippen LogP contribution in [0.5, 0.6) is 0 Å². The van der Waals surface area contributed by atoms with Gasteiger partial charge in [-0.25, -0.2) is 14.8 Å². The van der Waals surface area contributed by atoms with E-state index in [0.29, 0.717) is 0 Å². The number of carbonyl (C=O) groups is 2. The molecule has 10 heteroatoms. The first-order valence-electron chi connectivity index (χ1n) is 11.7. The molecule has 164 valence electrons. The van der Waals surface area contributed by atoms with Crippen molar-refractivity contribution in [2.45, 2.75) is 6.92 Å². The van der Waals surface area contributed by atoms with Gasteiger partial charge in [0.1, 0.15) is 6.33 Å². The van der Waals surface area contributed by atoms with Gasteiger partial charge in [0.2, 0.25) is 5.91 Å². The normalized spacial score (nSPS) is 11.3. The van der Waals surface area contributed by atoms with Gasteiger partial charge < -0.3 is 10.5 Å². The monoisotopic (exact) mass is 439 g/mol. The number of aromatic nitrogens is 6. The van der Waals surface area contributed by atoms with Gasteiger partial charge in [0.25, 0.3) is 0 Å². The van der Waals surface area contributed by atoms with Gasteiger partial charge in [-0.1, -0.05) is 0 Å². The Morgan fingerprint density at radius 2 is 1.50 bits per heavy atom. The number of methoxy groups -OCH3 is 1. The zero-order valence-corrected chi connectivity index (χ0v) is 17.2. The molecule has 4 rings (SSSR count). The molecule has 4 aromatic rings. The van der Waals surface area contributed by atoms with Crippen LogP contribution in [-0.4, -0.2) is 49.1 Å². The third-order valence-corrected chi connectivity index (χ3v) is 2.88. The number of nitrogens with zero attached hydrogens (tertiary/aromatic N) is 6. The van der Waals surface area contributed by atoms with Crippen molar-refractivity contribution in [3.8, 4) is 0 Å². The Balaban J connectivity index is 0.000000259. The average Bonchev–Trinajstić information content (AvgIpc) is 2.85. The molecular weight excluding hydrogens is 410 g/mol. The Labute approximate surface area is 194 Å². The minimum atomic E-state index is -0.692. The molecular formula is C22H23N7O3. The van der Waals surface area contributed by atoms with Crippen molar-refractivity contribution in [1.82, 2.24) is 30.1 Å². The molecule has 0 saturated heterocycles. The van der Waals surface area contributed by atoms with Crippen LogP contribution in [0.4, 0.5) is 0 Å². The number of hydrogen-bond donors (Lipinski definition) is 1. The number of aryl methyl sites for hydroxylation is 1. The van der Waals surface area contributed by atoms with E-state index in [2.05, 4.69) is 34.9 Å². The molecule has 0 bridgehead atoms. The molecule has 2 N–H and O–H groups in total. The molecule has 0 aliphatic heterocycles. The predicted octanol–water partition coefficient (Wildman–Crippen LogP) is 2.31. The molecule has 1 amide bonds. The molecule has 0 radical (unpaired) electrons.